The van der Waals surface area contributed by atoms with Crippen LogP contribution in [-0.2, 0) is 11.3 Å². The average molecular weight is 398 g/mol. The number of phenols is 1. The van der Waals surface area contributed by atoms with Crippen molar-refractivity contribution in [2.45, 2.75) is 18.9 Å². The third-order valence-corrected chi connectivity index (χ3v) is 5.78. The highest BCUT2D eigenvalue weighted by atomic mass is 16.5. The molecule has 1 aliphatic rings. The Balaban J connectivity index is 1.69. The molecule has 0 saturated carbocycles. The number of methoxy groups -OCH3 is 1. The van der Waals surface area contributed by atoms with Crippen molar-refractivity contribution in [3.05, 3.63) is 89.6 Å². The quantitative estimate of drug-likeness (QED) is 0.515. The Bertz CT molecular complexity index is 1240. The Morgan fingerprint density at radius 1 is 1.10 bits per heavy atom. The van der Waals surface area contributed by atoms with Crippen molar-refractivity contribution in [2.24, 2.45) is 0 Å². The van der Waals surface area contributed by atoms with Gasteiger partial charge >= 0.3 is 0 Å². The molecule has 3 aromatic carbocycles. The van der Waals surface area contributed by atoms with Crippen LogP contribution in [0.5, 0.6) is 11.5 Å². The predicted octanol–water partition coefficient (Wildman–Crippen LogP) is 4.88. The number of ether oxygens (including phenoxy) is 1. The van der Waals surface area contributed by atoms with Gasteiger partial charge in [-0.15, -0.1) is 0 Å². The summed E-state index contributed by atoms with van der Waals surface area (Å²) < 4.78 is 7.55. The van der Waals surface area contributed by atoms with Crippen molar-refractivity contribution in [3.8, 4) is 11.5 Å². The SMILES string of the molecule is COc1cc([C@@H]2CC(=O)Nc3cccc4c3c2cn4Cc2ccccc2)ccc1O. The molecule has 5 rings (SSSR count). The average Bonchev–Trinajstić information content (AvgIpc) is 3.05. The summed E-state index contributed by atoms with van der Waals surface area (Å²) in [6, 6.07) is 21.7. The first-order chi connectivity index (χ1) is 14.6. The lowest BCUT2D eigenvalue weighted by molar-refractivity contribution is -0.116. The van der Waals surface area contributed by atoms with E-state index in [1.54, 1.807) is 6.07 Å². The zero-order valence-electron chi connectivity index (χ0n) is 16.6. The van der Waals surface area contributed by atoms with Gasteiger partial charge in [-0.05, 0) is 41.0 Å². The molecule has 2 N–H and O–H groups in total. The molecule has 0 spiro atoms. The van der Waals surface area contributed by atoms with Gasteiger partial charge in [0.15, 0.2) is 11.5 Å². The Kier molecular flexibility index (Phi) is 4.43. The van der Waals surface area contributed by atoms with E-state index >= 15 is 0 Å². The smallest absolute Gasteiger partial charge is 0.225 e. The number of aromatic nitrogens is 1. The van der Waals surface area contributed by atoms with E-state index in [-0.39, 0.29) is 17.6 Å². The second-order valence-corrected chi connectivity index (χ2v) is 7.63. The van der Waals surface area contributed by atoms with Gasteiger partial charge in [0.2, 0.25) is 5.91 Å². The fourth-order valence-electron chi connectivity index (χ4n) is 4.37. The van der Waals surface area contributed by atoms with E-state index in [4.69, 9.17) is 4.74 Å². The molecule has 1 amide bonds. The van der Waals surface area contributed by atoms with Crippen LogP contribution in [0.15, 0.2) is 72.9 Å². The van der Waals surface area contributed by atoms with Crippen molar-refractivity contribution >= 4 is 22.5 Å². The van der Waals surface area contributed by atoms with Crippen LogP contribution in [0.25, 0.3) is 10.9 Å². The summed E-state index contributed by atoms with van der Waals surface area (Å²) >= 11 is 0. The first-order valence-electron chi connectivity index (χ1n) is 9.96. The molecule has 0 unspecified atom stereocenters. The number of carbonyl (C=O) groups excluding carboxylic acids is 1. The van der Waals surface area contributed by atoms with E-state index in [1.807, 2.05) is 42.5 Å². The van der Waals surface area contributed by atoms with E-state index in [0.717, 1.165) is 34.3 Å². The lowest BCUT2D eigenvalue weighted by Gasteiger charge is -2.16. The maximum Gasteiger partial charge on any atom is 0.225 e. The van der Waals surface area contributed by atoms with Crippen molar-refractivity contribution in [1.82, 2.24) is 4.57 Å². The van der Waals surface area contributed by atoms with Crippen LogP contribution in [0.1, 0.15) is 29.0 Å². The van der Waals surface area contributed by atoms with Crippen LogP contribution in [0.3, 0.4) is 0 Å². The molecule has 30 heavy (non-hydrogen) atoms. The fraction of sp³-hybridized carbons (Fsp3) is 0.160. The van der Waals surface area contributed by atoms with Gasteiger partial charge in [0, 0.05) is 30.5 Å². The standard InChI is InChI=1S/C25H22N2O3/c1-30-23-12-17(10-11-22(23)28)18-13-24(29)26-20-8-5-9-21-25(20)19(18)15-27(21)14-16-6-3-2-4-7-16/h2-12,15,18,28H,13-14H2,1H3,(H,26,29)/t18-/m0/s1. The van der Waals surface area contributed by atoms with Gasteiger partial charge in [0.25, 0.3) is 0 Å². The number of anilines is 1. The second kappa shape index (κ2) is 7.26. The monoisotopic (exact) mass is 398 g/mol. The number of nitrogens with one attached hydrogen (secondary N) is 1. The summed E-state index contributed by atoms with van der Waals surface area (Å²) in [5, 5.41) is 14.1. The molecular formula is C25H22N2O3. The highest BCUT2D eigenvalue weighted by Crippen LogP contribution is 2.42. The van der Waals surface area contributed by atoms with Crippen molar-refractivity contribution in [3.63, 3.8) is 0 Å². The molecule has 0 saturated heterocycles. The fourth-order valence-corrected chi connectivity index (χ4v) is 4.37. The molecule has 1 aromatic heterocycles. The van der Waals surface area contributed by atoms with Crippen molar-refractivity contribution in [1.29, 1.82) is 0 Å². The number of rotatable bonds is 4. The molecule has 0 bridgehead atoms. The molecule has 1 atom stereocenters. The second-order valence-electron chi connectivity index (χ2n) is 7.63. The number of hydrogen-bond acceptors (Lipinski definition) is 3. The normalized spacial score (nSPS) is 15.6. The lowest BCUT2D eigenvalue weighted by Crippen LogP contribution is -2.14. The minimum atomic E-state index is -0.136. The Morgan fingerprint density at radius 2 is 1.93 bits per heavy atom. The van der Waals surface area contributed by atoms with E-state index in [9.17, 15) is 9.90 Å². The summed E-state index contributed by atoms with van der Waals surface area (Å²) in [5.41, 5.74) is 5.19. The molecule has 5 nitrogen and oxygen atoms in total. The summed E-state index contributed by atoms with van der Waals surface area (Å²) in [5.74, 6) is 0.338. The first-order valence-corrected chi connectivity index (χ1v) is 9.96. The minimum Gasteiger partial charge on any atom is -0.504 e. The molecule has 150 valence electrons. The van der Waals surface area contributed by atoms with Crippen LogP contribution >= 0.6 is 0 Å². The number of aromatic hydroxyl groups is 1. The molecule has 4 aromatic rings. The zero-order chi connectivity index (χ0) is 20.7. The molecular weight excluding hydrogens is 376 g/mol. The van der Waals surface area contributed by atoms with Gasteiger partial charge in [0.1, 0.15) is 0 Å². The van der Waals surface area contributed by atoms with Gasteiger partial charge in [-0.25, -0.2) is 0 Å². The van der Waals surface area contributed by atoms with Gasteiger partial charge < -0.3 is 19.7 Å². The summed E-state index contributed by atoms with van der Waals surface area (Å²) in [4.78, 5) is 12.7. The number of phenolic OH excluding ortho intramolecular Hbond substituents is 1. The van der Waals surface area contributed by atoms with E-state index < -0.39 is 0 Å². The maximum absolute atomic E-state index is 12.7. The summed E-state index contributed by atoms with van der Waals surface area (Å²) in [6.07, 6.45) is 2.48. The third-order valence-electron chi connectivity index (χ3n) is 5.78. The van der Waals surface area contributed by atoms with E-state index in [2.05, 4.69) is 34.3 Å². The molecule has 1 aliphatic heterocycles. The van der Waals surface area contributed by atoms with Crippen LogP contribution in [-0.4, -0.2) is 22.7 Å². The largest absolute Gasteiger partial charge is 0.504 e. The Labute approximate surface area is 174 Å². The number of amides is 1. The minimum absolute atomic E-state index is 0.0228. The summed E-state index contributed by atoms with van der Waals surface area (Å²) in [6.45, 7) is 0.750. The number of carbonyl (C=O) groups is 1. The topological polar surface area (TPSA) is 63.5 Å². The highest BCUT2D eigenvalue weighted by Gasteiger charge is 2.28. The van der Waals surface area contributed by atoms with Gasteiger partial charge in [-0.3, -0.25) is 4.79 Å². The molecule has 0 fully saturated rings. The van der Waals surface area contributed by atoms with Crippen LogP contribution in [0.2, 0.25) is 0 Å². The maximum atomic E-state index is 12.7. The third kappa shape index (κ3) is 3.08. The van der Waals surface area contributed by atoms with Gasteiger partial charge in [0.05, 0.1) is 18.3 Å². The van der Waals surface area contributed by atoms with E-state index in [1.165, 1.54) is 12.7 Å². The Morgan fingerprint density at radius 3 is 2.73 bits per heavy atom. The van der Waals surface area contributed by atoms with Crippen LogP contribution < -0.4 is 10.1 Å². The number of hydrogen-bond donors (Lipinski definition) is 2. The van der Waals surface area contributed by atoms with Crippen LogP contribution in [0, 0.1) is 0 Å². The van der Waals surface area contributed by atoms with E-state index in [0.29, 0.717) is 12.2 Å². The van der Waals surface area contributed by atoms with Crippen molar-refractivity contribution < 1.29 is 14.6 Å². The molecule has 2 heterocycles. The lowest BCUT2D eigenvalue weighted by atomic mass is 9.88. The van der Waals surface area contributed by atoms with Crippen molar-refractivity contribution in [2.75, 3.05) is 12.4 Å². The first kappa shape index (κ1) is 18.3. The molecule has 0 aliphatic carbocycles. The summed E-state index contributed by atoms with van der Waals surface area (Å²) in [7, 11) is 1.53. The molecule has 5 heteroatoms. The Hall–Kier alpha value is -3.73. The predicted molar refractivity (Wildman–Crippen MR) is 117 cm³/mol. The highest BCUT2D eigenvalue weighted by molar-refractivity contribution is 6.06. The number of nitrogens with zero attached hydrogens (tertiary/aromatic N) is 1. The van der Waals surface area contributed by atoms with Gasteiger partial charge in [-0.2, -0.15) is 0 Å². The molecule has 0 radical (unpaired) electrons. The zero-order valence-corrected chi connectivity index (χ0v) is 16.6. The number of benzene rings is 3. The van der Waals surface area contributed by atoms with Gasteiger partial charge in [-0.1, -0.05) is 42.5 Å². The van der Waals surface area contributed by atoms with Crippen LogP contribution in [0.4, 0.5) is 5.69 Å².